The molecule has 0 aliphatic carbocycles. The van der Waals surface area contributed by atoms with E-state index in [0.717, 1.165) is 11.3 Å². The minimum Gasteiger partial charge on any atom is -0.467 e. The predicted octanol–water partition coefficient (Wildman–Crippen LogP) is 2.81. The van der Waals surface area contributed by atoms with E-state index in [1.807, 2.05) is 30.3 Å². The Morgan fingerprint density at radius 1 is 1.13 bits per heavy atom. The van der Waals surface area contributed by atoms with E-state index < -0.39 is 0 Å². The first-order valence-electron chi connectivity index (χ1n) is 4.43. The molecule has 0 atom stereocenters. The summed E-state index contributed by atoms with van der Waals surface area (Å²) in [4.78, 5) is 8.11. The Bertz CT molecular complexity index is 459. The van der Waals surface area contributed by atoms with Gasteiger partial charge < -0.3 is 4.74 Å². The molecule has 0 amide bonds. The fourth-order valence-electron chi connectivity index (χ4n) is 1.24. The Balaban J connectivity index is 2.49. The highest BCUT2D eigenvalue weighted by atomic mass is 35.5. The normalized spacial score (nSPS) is 10.0. The molecule has 15 heavy (non-hydrogen) atoms. The zero-order valence-electron chi connectivity index (χ0n) is 8.14. The summed E-state index contributed by atoms with van der Waals surface area (Å²) in [7, 11) is 1.51. The summed E-state index contributed by atoms with van der Waals surface area (Å²) in [6, 6.07) is 11.7. The maximum absolute atomic E-state index is 5.85. The van der Waals surface area contributed by atoms with E-state index in [9.17, 15) is 0 Å². The molecular formula is C11H9ClN2O. The van der Waals surface area contributed by atoms with Crippen LogP contribution in [0.2, 0.25) is 5.15 Å². The van der Waals surface area contributed by atoms with Crippen LogP contribution in [0, 0.1) is 0 Å². The van der Waals surface area contributed by atoms with Crippen LogP contribution in [-0.2, 0) is 0 Å². The van der Waals surface area contributed by atoms with Gasteiger partial charge in [-0.15, -0.1) is 0 Å². The van der Waals surface area contributed by atoms with Crippen molar-refractivity contribution in [2.75, 3.05) is 7.11 Å². The standard InChI is InChI=1S/C11H9ClN2O/c1-15-11-13-9(7-10(12)14-11)8-5-3-2-4-6-8/h2-7H,1H3. The third-order valence-corrected chi connectivity index (χ3v) is 2.12. The molecule has 1 aromatic heterocycles. The quantitative estimate of drug-likeness (QED) is 0.730. The molecule has 1 aromatic carbocycles. The largest absolute Gasteiger partial charge is 0.467 e. The highest BCUT2D eigenvalue weighted by Gasteiger charge is 2.04. The lowest BCUT2D eigenvalue weighted by atomic mass is 10.1. The molecule has 0 radical (unpaired) electrons. The van der Waals surface area contributed by atoms with E-state index in [1.54, 1.807) is 6.07 Å². The first-order valence-corrected chi connectivity index (χ1v) is 4.81. The van der Waals surface area contributed by atoms with Gasteiger partial charge in [-0.2, -0.15) is 9.97 Å². The van der Waals surface area contributed by atoms with Crippen molar-refractivity contribution >= 4 is 11.6 Å². The summed E-state index contributed by atoms with van der Waals surface area (Å²) in [6.45, 7) is 0. The van der Waals surface area contributed by atoms with E-state index >= 15 is 0 Å². The predicted molar refractivity (Wildman–Crippen MR) is 59.0 cm³/mol. The van der Waals surface area contributed by atoms with Gasteiger partial charge in [-0.25, -0.2) is 0 Å². The fraction of sp³-hybridized carbons (Fsp3) is 0.0909. The molecular weight excluding hydrogens is 212 g/mol. The van der Waals surface area contributed by atoms with Crippen LogP contribution >= 0.6 is 11.6 Å². The van der Waals surface area contributed by atoms with Crippen molar-refractivity contribution in [2.24, 2.45) is 0 Å². The maximum Gasteiger partial charge on any atom is 0.318 e. The second-order valence-electron chi connectivity index (χ2n) is 2.93. The fourth-order valence-corrected chi connectivity index (χ4v) is 1.42. The first kappa shape index (κ1) is 9.93. The molecule has 0 N–H and O–H groups in total. The number of hydrogen-bond donors (Lipinski definition) is 0. The van der Waals surface area contributed by atoms with Crippen molar-refractivity contribution in [3.63, 3.8) is 0 Å². The average molecular weight is 221 g/mol. The molecule has 76 valence electrons. The lowest BCUT2D eigenvalue weighted by Gasteiger charge is -2.03. The molecule has 2 aromatic rings. The number of hydrogen-bond acceptors (Lipinski definition) is 3. The molecule has 0 bridgehead atoms. The minimum atomic E-state index is 0.279. The molecule has 4 heteroatoms. The second kappa shape index (κ2) is 4.28. The first-order chi connectivity index (χ1) is 7.29. The minimum absolute atomic E-state index is 0.279. The van der Waals surface area contributed by atoms with Gasteiger partial charge in [-0.3, -0.25) is 0 Å². The number of ether oxygens (including phenoxy) is 1. The third kappa shape index (κ3) is 2.25. The number of nitrogens with zero attached hydrogens (tertiary/aromatic N) is 2. The van der Waals surface area contributed by atoms with Gasteiger partial charge in [0.2, 0.25) is 0 Å². The van der Waals surface area contributed by atoms with Crippen LogP contribution in [0.15, 0.2) is 36.4 Å². The van der Waals surface area contributed by atoms with Crippen molar-refractivity contribution < 1.29 is 4.74 Å². The van der Waals surface area contributed by atoms with Crippen LogP contribution in [0.25, 0.3) is 11.3 Å². The third-order valence-electron chi connectivity index (χ3n) is 1.93. The highest BCUT2D eigenvalue weighted by molar-refractivity contribution is 6.29. The van der Waals surface area contributed by atoms with Crippen molar-refractivity contribution in [1.29, 1.82) is 0 Å². The highest BCUT2D eigenvalue weighted by Crippen LogP contribution is 2.21. The van der Waals surface area contributed by atoms with E-state index in [2.05, 4.69) is 9.97 Å². The zero-order valence-corrected chi connectivity index (χ0v) is 8.90. The Kier molecular flexibility index (Phi) is 2.83. The SMILES string of the molecule is COc1nc(Cl)cc(-c2ccccc2)n1. The van der Waals surface area contributed by atoms with Crippen LogP contribution in [0.5, 0.6) is 6.01 Å². The molecule has 3 nitrogen and oxygen atoms in total. The molecule has 0 saturated carbocycles. The molecule has 0 spiro atoms. The van der Waals surface area contributed by atoms with Gasteiger partial charge in [-0.05, 0) is 0 Å². The smallest absolute Gasteiger partial charge is 0.318 e. The number of aromatic nitrogens is 2. The molecule has 0 aliphatic heterocycles. The van der Waals surface area contributed by atoms with Crippen LogP contribution in [0.3, 0.4) is 0 Å². The lowest BCUT2D eigenvalue weighted by molar-refractivity contribution is 0.380. The number of halogens is 1. The maximum atomic E-state index is 5.85. The van der Waals surface area contributed by atoms with Gasteiger partial charge in [0, 0.05) is 11.6 Å². The Hall–Kier alpha value is -1.61. The molecule has 0 aliphatic rings. The molecule has 1 heterocycles. The Morgan fingerprint density at radius 2 is 1.87 bits per heavy atom. The number of benzene rings is 1. The van der Waals surface area contributed by atoms with E-state index in [-0.39, 0.29) is 6.01 Å². The summed E-state index contributed by atoms with van der Waals surface area (Å²) < 4.78 is 4.95. The van der Waals surface area contributed by atoms with Crippen LogP contribution < -0.4 is 4.74 Å². The van der Waals surface area contributed by atoms with Gasteiger partial charge >= 0.3 is 6.01 Å². The number of methoxy groups -OCH3 is 1. The van der Waals surface area contributed by atoms with Gasteiger partial charge in [0.15, 0.2) is 0 Å². The molecule has 0 unspecified atom stereocenters. The van der Waals surface area contributed by atoms with Gasteiger partial charge in [-0.1, -0.05) is 41.9 Å². The van der Waals surface area contributed by atoms with Crippen molar-refractivity contribution in [1.82, 2.24) is 9.97 Å². The van der Waals surface area contributed by atoms with Crippen molar-refractivity contribution in [2.45, 2.75) is 0 Å². The average Bonchev–Trinajstić information content (AvgIpc) is 2.29. The van der Waals surface area contributed by atoms with Gasteiger partial charge in [0.25, 0.3) is 0 Å². The van der Waals surface area contributed by atoms with Crippen molar-refractivity contribution in [3.05, 3.63) is 41.6 Å². The number of rotatable bonds is 2. The lowest BCUT2D eigenvalue weighted by Crippen LogP contribution is -1.94. The second-order valence-corrected chi connectivity index (χ2v) is 3.32. The summed E-state index contributed by atoms with van der Waals surface area (Å²) in [5.74, 6) is 0. The molecule has 2 rings (SSSR count). The zero-order chi connectivity index (χ0) is 10.7. The van der Waals surface area contributed by atoms with Crippen molar-refractivity contribution in [3.8, 4) is 17.3 Å². The van der Waals surface area contributed by atoms with E-state index in [4.69, 9.17) is 16.3 Å². The van der Waals surface area contributed by atoms with Gasteiger partial charge in [0.1, 0.15) is 5.15 Å². The van der Waals surface area contributed by atoms with E-state index in [1.165, 1.54) is 7.11 Å². The summed E-state index contributed by atoms with van der Waals surface area (Å²) in [5, 5.41) is 0.376. The Labute approximate surface area is 92.7 Å². The van der Waals surface area contributed by atoms with Crippen LogP contribution in [0.1, 0.15) is 0 Å². The molecule has 0 fully saturated rings. The monoisotopic (exact) mass is 220 g/mol. The van der Waals surface area contributed by atoms with E-state index in [0.29, 0.717) is 5.15 Å². The van der Waals surface area contributed by atoms with Crippen LogP contribution in [0.4, 0.5) is 0 Å². The topological polar surface area (TPSA) is 35.0 Å². The summed E-state index contributed by atoms with van der Waals surface area (Å²) in [5.41, 5.74) is 1.74. The van der Waals surface area contributed by atoms with Gasteiger partial charge in [0.05, 0.1) is 12.8 Å². The summed E-state index contributed by atoms with van der Waals surface area (Å²) >= 11 is 5.85. The Morgan fingerprint density at radius 3 is 2.53 bits per heavy atom. The van der Waals surface area contributed by atoms with Crippen LogP contribution in [-0.4, -0.2) is 17.1 Å². The summed E-state index contributed by atoms with van der Waals surface area (Å²) in [6.07, 6.45) is 0. The molecule has 0 saturated heterocycles.